The number of rotatable bonds is 6. The number of ether oxygens (including phenoxy) is 2. The summed E-state index contributed by atoms with van der Waals surface area (Å²) >= 11 is 1.76. The largest absolute Gasteiger partial charge is 0.493 e. The third kappa shape index (κ3) is 4.92. The Balaban J connectivity index is 1.16. The van der Waals surface area contributed by atoms with Crippen LogP contribution in [0.5, 0.6) is 5.75 Å². The zero-order valence-corrected chi connectivity index (χ0v) is 18.7. The second kappa shape index (κ2) is 9.63. The molecule has 2 aromatic carbocycles. The minimum Gasteiger partial charge on any atom is -0.493 e. The molecule has 3 heterocycles. The number of amides is 1. The molecule has 164 valence electrons. The Kier molecular flexibility index (Phi) is 6.48. The molecular formula is C25H30N2O3S. The molecule has 3 aliphatic heterocycles. The third-order valence-corrected chi connectivity index (χ3v) is 7.59. The van der Waals surface area contributed by atoms with Gasteiger partial charge in [0.2, 0.25) is 0 Å². The van der Waals surface area contributed by atoms with Crippen LogP contribution < -0.4 is 4.74 Å². The first-order valence-electron chi connectivity index (χ1n) is 11.4. The number of hydrogen-bond acceptors (Lipinski definition) is 5. The number of fused-ring (bicyclic) bond motifs is 1. The average Bonchev–Trinajstić information content (AvgIpc) is 3.50. The van der Waals surface area contributed by atoms with E-state index in [1.807, 2.05) is 23.1 Å². The lowest BCUT2D eigenvalue weighted by Gasteiger charge is -2.35. The molecule has 6 heteroatoms. The predicted octanol–water partition coefficient (Wildman–Crippen LogP) is 3.85. The molecule has 2 saturated heterocycles. The number of hydrogen-bond donors (Lipinski definition) is 0. The summed E-state index contributed by atoms with van der Waals surface area (Å²) in [5, 5.41) is 0. The summed E-state index contributed by atoms with van der Waals surface area (Å²) in [6, 6.07) is 14.6. The molecule has 3 aliphatic rings. The highest BCUT2D eigenvalue weighted by Gasteiger charge is 2.25. The van der Waals surface area contributed by atoms with Crippen molar-refractivity contribution in [2.45, 2.75) is 36.8 Å². The summed E-state index contributed by atoms with van der Waals surface area (Å²) in [4.78, 5) is 18.8. The van der Waals surface area contributed by atoms with Gasteiger partial charge in [0.25, 0.3) is 5.91 Å². The summed E-state index contributed by atoms with van der Waals surface area (Å²) in [6.45, 7) is 5.97. The molecule has 2 aromatic rings. The molecule has 5 rings (SSSR count). The van der Waals surface area contributed by atoms with Gasteiger partial charge in [-0.05, 0) is 42.2 Å². The summed E-state index contributed by atoms with van der Waals surface area (Å²) < 4.78 is 11.4. The lowest BCUT2D eigenvalue weighted by molar-refractivity contribution is 0.0625. The first kappa shape index (κ1) is 20.9. The van der Waals surface area contributed by atoms with Crippen molar-refractivity contribution in [3.05, 3.63) is 59.2 Å². The van der Waals surface area contributed by atoms with E-state index in [0.717, 1.165) is 87.2 Å². The number of carbonyl (C=O) groups is 1. The smallest absolute Gasteiger partial charge is 0.255 e. The van der Waals surface area contributed by atoms with Gasteiger partial charge in [-0.2, -0.15) is 0 Å². The fraction of sp³-hybridized carbons (Fsp3) is 0.480. The SMILES string of the molecule is O=C(c1ccccc1SC[C@@H]1CCCO1)N1CCN(Cc2ccc3c(c2)CCO3)CC1. The summed E-state index contributed by atoms with van der Waals surface area (Å²) in [5.74, 6) is 2.11. The lowest BCUT2D eigenvalue weighted by atomic mass is 10.1. The van der Waals surface area contributed by atoms with E-state index in [1.54, 1.807) is 11.8 Å². The first-order valence-corrected chi connectivity index (χ1v) is 12.3. The van der Waals surface area contributed by atoms with Crippen LogP contribution in [0.15, 0.2) is 47.4 Å². The molecule has 0 radical (unpaired) electrons. The Bertz CT molecular complexity index is 921. The van der Waals surface area contributed by atoms with Crippen LogP contribution >= 0.6 is 11.8 Å². The summed E-state index contributed by atoms with van der Waals surface area (Å²) in [7, 11) is 0. The van der Waals surface area contributed by atoms with Gasteiger partial charge in [-0.3, -0.25) is 9.69 Å². The molecule has 0 aromatic heterocycles. The quantitative estimate of drug-likeness (QED) is 0.641. The van der Waals surface area contributed by atoms with E-state index in [2.05, 4.69) is 29.2 Å². The van der Waals surface area contributed by atoms with Crippen LogP contribution in [-0.4, -0.2) is 67.0 Å². The molecule has 0 bridgehead atoms. The van der Waals surface area contributed by atoms with Gasteiger partial charge in [-0.1, -0.05) is 24.3 Å². The third-order valence-electron chi connectivity index (χ3n) is 6.39. The van der Waals surface area contributed by atoms with Gasteiger partial charge in [0.1, 0.15) is 5.75 Å². The second-order valence-corrected chi connectivity index (χ2v) is 9.61. The minimum atomic E-state index is 0.157. The van der Waals surface area contributed by atoms with E-state index in [0.29, 0.717) is 6.10 Å². The van der Waals surface area contributed by atoms with Crippen LogP contribution in [0.3, 0.4) is 0 Å². The van der Waals surface area contributed by atoms with Gasteiger partial charge >= 0.3 is 0 Å². The number of thioether (sulfide) groups is 1. The topological polar surface area (TPSA) is 42.0 Å². The Morgan fingerprint density at radius 3 is 2.77 bits per heavy atom. The Labute approximate surface area is 188 Å². The standard InChI is InChI=1S/C25H30N2O3S/c28-25(22-5-1-2-6-24(22)31-18-21-4-3-14-29-21)27-12-10-26(11-13-27)17-19-7-8-23-20(16-19)9-15-30-23/h1-2,5-8,16,21H,3-4,9-15,17-18H2/t21-/m0/s1. The van der Waals surface area contributed by atoms with E-state index in [4.69, 9.17) is 9.47 Å². The van der Waals surface area contributed by atoms with Crippen LogP contribution in [0.2, 0.25) is 0 Å². The van der Waals surface area contributed by atoms with Crippen molar-refractivity contribution in [2.24, 2.45) is 0 Å². The van der Waals surface area contributed by atoms with E-state index >= 15 is 0 Å². The molecule has 1 amide bonds. The Morgan fingerprint density at radius 2 is 1.94 bits per heavy atom. The van der Waals surface area contributed by atoms with Crippen LogP contribution in [0.25, 0.3) is 0 Å². The van der Waals surface area contributed by atoms with Gasteiger partial charge in [0.05, 0.1) is 18.3 Å². The van der Waals surface area contributed by atoms with Gasteiger partial charge in [0.15, 0.2) is 0 Å². The number of benzene rings is 2. The Morgan fingerprint density at radius 1 is 1.06 bits per heavy atom. The molecule has 31 heavy (non-hydrogen) atoms. The fourth-order valence-corrected chi connectivity index (χ4v) is 5.72. The maximum absolute atomic E-state index is 13.3. The van der Waals surface area contributed by atoms with Crippen molar-refractivity contribution in [3.63, 3.8) is 0 Å². The minimum absolute atomic E-state index is 0.157. The van der Waals surface area contributed by atoms with Crippen molar-refractivity contribution in [2.75, 3.05) is 45.1 Å². The van der Waals surface area contributed by atoms with Gasteiger partial charge < -0.3 is 14.4 Å². The van der Waals surface area contributed by atoms with Crippen LogP contribution in [-0.2, 0) is 17.7 Å². The van der Waals surface area contributed by atoms with Crippen molar-refractivity contribution in [1.82, 2.24) is 9.80 Å². The van der Waals surface area contributed by atoms with Crippen molar-refractivity contribution in [1.29, 1.82) is 0 Å². The van der Waals surface area contributed by atoms with Gasteiger partial charge in [-0.15, -0.1) is 11.8 Å². The lowest BCUT2D eigenvalue weighted by Crippen LogP contribution is -2.48. The maximum atomic E-state index is 13.3. The highest BCUT2D eigenvalue weighted by Crippen LogP contribution is 2.29. The van der Waals surface area contributed by atoms with E-state index in [-0.39, 0.29) is 5.91 Å². The molecule has 0 aliphatic carbocycles. The highest BCUT2D eigenvalue weighted by molar-refractivity contribution is 7.99. The fourth-order valence-electron chi connectivity index (χ4n) is 4.60. The molecule has 0 unspecified atom stereocenters. The van der Waals surface area contributed by atoms with Gasteiger partial charge in [-0.25, -0.2) is 0 Å². The number of nitrogens with zero attached hydrogens (tertiary/aromatic N) is 2. The molecule has 0 N–H and O–H groups in total. The normalized spacial score (nSPS) is 21.2. The van der Waals surface area contributed by atoms with E-state index in [1.165, 1.54) is 11.1 Å². The molecular weight excluding hydrogens is 408 g/mol. The zero-order valence-electron chi connectivity index (χ0n) is 17.9. The monoisotopic (exact) mass is 438 g/mol. The van der Waals surface area contributed by atoms with Crippen LogP contribution in [0, 0.1) is 0 Å². The van der Waals surface area contributed by atoms with Crippen molar-refractivity contribution < 1.29 is 14.3 Å². The first-order chi connectivity index (χ1) is 15.3. The average molecular weight is 439 g/mol. The zero-order chi connectivity index (χ0) is 21.0. The van der Waals surface area contributed by atoms with Crippen LogP contribution in [0.4, 0.5) is 0 Å². The number of piperazine rings is 1. The molecule has 1 atom stereocenters. The van der Waals surface area contributed by atoms with E-state index in [9.17, 15) is 4.79 Å². The summed E-state index contributed by atoms with van der Waals surface area (Å²) in [5.41, 5.74) is 3.49. The second-order valence-electron chi connectivity index (χ2n) is 8.55. The summed E-state index contributed by atoms with van der Waals surface area (Å²) in [6.07, 6.45) is 3.61. The maximum Gasteiger partial charge on any atom is 0.255 e. The van der Waals surface area contributed by atoms with Crippen molar-refractivity contribution >= 4 is 17.7 Å². The van der Waals surface area contributed by atoms with Gasteiger partial charge in [0, 0.05) is 56.4 Å². The highest BCUT2D eigenvalue weighted by atomic mass is 32.2. The molecule has 5 nitrogen and oxygen atoms in total. The van der Waals surface area contributed by atoms with E-state index < -0.39 is 0 Å². The molecule has 2 fully saturated rings. The van der Waals surface area contributed by atoms with Crippen LogP contribution in [0.1, 0.15) is 34.3 Å². The number of carbonyl (C=O) groups excluding carboxylic acids is 1. The Hall–Kier alpha value is -2.02. The predicted molar refractivity (Wildman–Crippen MR) is 123 cm³/mol. The van der Waals surface area contributed by atoms with Crippen molar-refractivity contribution in [3.8, 4) is 5.75 Å². The molecule has 0 saturated carbocycles. The molecule has 0 spiro atoms.